The number of rotatable bonds is 5. The summed E-state index contributed by atoms with van der Waals surface area (Å²) in [6, 6.07) is 11.2. The summed E-state index contributed by atoms with van der Waals surface area (Å²) in [5, 5.41) is 8.16. The van der Waals surface area contributed by atoms with Crippen LogP contribution in [0.3, 0.4) is 0 Å². The van der Waals surface area contributed by atoms with E-state index in [1.54, 1.807) is 12.1 Å². The van der Waals surface area contributed by atoms with Gasteiger partial charge in [-0.15, -0.1) is 0 Å². The first-order valence-corrected chi connectivity index (χ1v) is 9.83. The second kappa shape index (κ2) is 9.56. The molecule has 0 aromatic heterocycles. The minimum atomic E-state index is -4.42. The predicted molar refractivity (Wildman–Crippen MR) is 111 cm³/mol. The van der Waals surface area contributed by atoms with Crippen molar-refractivity contribution in [2.45, 2.75) is 32.0 Å². The Morgan fingerprint density at radius 3 is 2.48 bits per heavy atom. The lowest BCUT2D eigenvalue weighted by Crippen LogP contribution is -2.37. The average Bonchev–Trinajstić information content (AvgIpc) is 3.57. The van der Waals surface area contributed by atoms with E-state index in [4.69, 9.17) is 0 Å². The second-order valence-electron chi connectivity index (χ2n) is 7.31. The van der Waals surface area contributed by atoms with Crippen LogP contribution in [-0.4, -0.2) is 18.5 Å². The molecular formula is C23H22F3N3O2. The van der Waals surface area contributed by atoms with Gasteiger partial charge in [0.1, 0.15) is 0 Å². The molecule has 1 unspecified atom stereocenters. The second-order valence-corrected chi connectivity index (χ2v) is 7.31. The van der Waals surface area contributed by atoms with E-state index >= 15 is 0 Å². The molecule has 1 aliphatic rings. The highest BCUT2D eigenvalue weighted by Crippen LogP contribution is 2.30. The summed E-state index contributed by atoms with van der Waals surface area (Å²) in [4.78, 5) is 23.8. The summed E-state index contributed by atoms with van der Waals surface area (Å²) < 4.78 is 38.1. The first kappa shape index (κ1) is 22.2. The molecule has 2 aromatic rings. The van der Waals surface area contributed by atoms with E-state index < -0.39 is 17.8 Å². The van der Waals surface area contributed by atoms with Gasteiger partial charge in [-0.2, -0.15) is 13.2 Å². The van der Waals surface area contributed by atoms with Crippen LogP contribution < -0.4 is 16.0 Å². The van der Waals surface area contributed by atoms with Gasteiger partial charge in [-0.05, 0) is 55.7 Å². The van der Waals surface area contributed by atoms with Crippen LogP contribution in [0.2, 0.25) is 0 Å². The number of halogens is 3. The van der Waals surface area contributed by atoms with Crippen LogP contribution in [0, 0.1) is 17.8 Å². The number of amides is 3. The van der Waals surface area contributed by atoms with E-state index in [2.05, 4.69) is 27.8 Å². The highest BCUT2D eigenvalue weighted by molar-refractivity contribution is 5.94. The summed E-state index contributed by atoms with van der Waals surface area (Å²) in [5.74, 6) is 5.40. The third-order valence-corrected chi connectivity index (χ3v) is 4.73. The maximum absolute atomic E-state index is 12.7. The highest BCUT2D eigenvalue weighted by Gasteiger charge is 2.30. The Bertz CT molecular complexity index is 1000. The predicted octanol–water partition coefficient (Wildman–Crippen LogP) is 4.47. The van der Waals surface area contributed by atoms with Crippen molar-refractivity contribution in [1.82, 2.24) is 10.6 Å². The molecule has 0 saturated heterocycles. The molecular weight excluding hydrogens is 407 g/mol. The SMILES string of the molecule is CC(NC(=O)NCC#Cc1cccc(C(F)(F)F)c1)c1ccc(NC(=O)C2CC2)cc1. The van der Waals surface area contributed by atoms with Gasteiger partial charge in [0.15, 0.2) is 0 Å². The molecule has 0 spiro atoms. The molecule has 8 heteroatoms. The molecule has 0 heterocycles. The van der Waals surface area contributed by atoms with E-state index in [0.717, 1.165) is 30.5 Å². The zero-order chi connectivity index (χ0) is 22.4. The number of urea groups is 1. The summed E-state index contributed by atoms with van der Waals surface area (Å²) in [6.07, 6.45) is -2.55. The summed E-state index contributed by atoms with van der Waals surface area (Å²) in [6.45, 7) is 1.80. The van der Waals surface area contributed by atoms with Crippen LogP contribution in [0.1, 0.15) is 42.5 Å². The monoisotopic (exact) mass is 429 g/mol. The fourth-order valence-corrected chi connectivity index (χ4v) is 2.82. The largest absolute Gasteiger partial charge is 0.416 e. The number of nitrogens with one attached hydrogen (secondary N) is 3. The Labute approximate surface area is 178 Å². The molecule has 3 rings (SSSR count). The normalized spacial score (nSPS) is 14.1. The Morgan fingerprint density at radius 1 is 1.13 bits per heavy atom. The van der Waals surface area contributed by atoms with E-state index in [0.29, 0.717) is 5.69 Å². The summed E-state index contributed by atoms with van der Waals surface area (Å²) >= 11 is 0. The van der Waals surface area contributed by atoms with Crippen molar-refractivity contribution in [3.63, 3.8) is 0 Å². The van der Waals surface area contributed by atoms with E-state index in [1.165, 1.54) is 12.1 Å². The molecule has 1 fully saturated rings. The van der Waals surface area contributed by atoms with Crippen molar-refractivity contribution in [2.24, 2.45) is 5.92 Å². The maximum Gasteiger partial charge on any atom is 0.416 e. The van der Waals surface area contributed by atoms with Gasteiger partial charge < -0.3 is 16.0 Å². The summed E-state index contributed by atoms with van der Waals surface area (Å²) in [5.41, 5.74) is 1.02. The van der Waals surface area contributed by atoms with Gasteiger partial charge in [-0.25, -0.2) is 4.79 Å². The van der Waals surface area contributed by atoms with Crippen LogP contribution in [0.25, 0.3) is 0 Å². The quantitative estimate of drug-likeness (QED) is 0.614. The van der Waals surface area contributed by atoms with Crippen molar-refractivity contribution < 1.29 is 22.8 Å². The smallest absolute Gasteiger partial charge is 0.332 e. The third kappa shape index (κ3) is 6.78. The van der Waals surface area contributed by atoms with Gasteiger partial charge in [0.25, 0.3) is 0 Å². The van der Waals surface area contributed by atoms with Gasteiger partial charge in [0, 0.05) is 17.2 Å². The number of hydrogen-bond donors (Lipinski definition) is 3. The van der Waals surface area contributed by atoms with Crippen LogP contribution >= 0.6 is 0 Å². The van der Waals surface area contributed by atoms with Crippen molar-refractivity contribution in [1.29, 1.82) is 0 Å². The Kier molecular flexibility index (Phi) is 6.85. The summed E-state index contributed by atoms with van der Waals surface area (Å²) in [7, 11) is 0. The molecule has 2 aromatic carbocycles. The molecule has 162 valence electrons. The molecule has 0 bridgehead atoms. The maximum atomic E-state index is 12.7. The van der Waals surface area contributed by atoms with Crippen molar-refractivity contribution >= 4 is 17.6 Å². The van der Waals surface area contributed by atoms with E-state index in [9.17, 15) is 22.8 Å². The standard InChI is InChI=1S/C23H22F3N3O2/c1-15(17-9-11-20(12-10-17)29-21(30)18-7-8-18)28-22(31)27-13-3-5-16-4-2-6-19(14-16)23(24,25)26/h2,4,6,9-12,14-15,18H,7-8,13H2,1H3,(H,29,30)(H2,27,28,31). The lowest BCUT2D eigenvalue weighted by molar-refractivity contribution is -0.137. The zero-order valence-electron chi connectivity index (χ0n) is 16.8. The molecule has 3 N–H and O–H groups in total. The van der Waals surface area contributed by atoms with Crippen molar-refractivity contribution in [3.8, 4) is 11.8 Å². The van der Waals surface area contributed by atoms with Crippen molar-refractivity contribution in [3.05, 3.63) is 65.2 Å². The van der Waals surface area contributed by atoms with Gasteiger partial charge in [-0.1, -0.05) is 30.0 Å². The molecule has 31 heavy (non-hydrogen) atoms. The fourth-order valence-electron chi connectivity index (χ4n) is 2.82. The molecule has 1 atom stereocenters. The molecule has 0 aliphatic heterocycles. The number of benzene rings is 2. The topological polar surface area (TPSA) is 70.2 Å². The molecule has 1 aliphatic carbocycles. The van der Waals surface area contributed by atoms with Gasteiger partial charge in [0.2, 0.25) is 5.91 Å². The number of hydrogen-bond acceptors (Lipinski definition) is 2. The zero-order valence-corrected chi connectivity index (χ0v) is 16.8. The lowest BCUT2D eigenvalue weighted by Gasteiger charge is -2.15. The van der Waals surface area contributed by atoms with Crippen LogP contribution in [-0.2, 0) is 11.0 Å². The van der Waals surface area contributed by atoms with Crippen LogP contribution in [0.5, 0.6) is 0 Å². The number of carbonyl (C=O) groups excluding carboxylic acids is 2. The first-order valence-electron chi connectivity index (χ1n) is 9.83. The van der Waals surface area contributed by atoms with Gasteiger partial charge in [0.05, 0.1) is 18.2 Å². The van der Waals surface area contributed by atoms with Gasteiger partial charge >= 0.3 is 12.2 Å². The van der Waals surface area contributed by atoms with E-state index in [1.807, 2.05) is 19.1 Å². The Hall–Kier alpha value is -3.47. The van der Waals surface area contributed by atoms with E-state index in [-0.39, 0.29) is 30.0 Å². The number of anilines is 1. The first-order chi connectivity index (χ1) is 14.7. The fraction of sp³-hybridized carbons (Fsp3) is 0.304. The van der Waals surface area contributed by atoms with Crippen molar-refractivity contribution in [2.75, 3.05) is 11.9 Å². The Balaban J connectivity index is 1.45. The minimum absolute atomic E-state index is 0.0130. The molecule has 0 radical (unpaired) electrons. The third-order valence-electron chi connectivity index (χ3n) is 4.73. The Morgan fingerprint density at radius 2 is 1.84 bits per heavy atom. The number of carbonyl (C=O) groups is 2. The van der Waals surface area contributed by atoms with Crippen LogP contribution in [0.15, 0.2) is 48.5 Å². The molecule has 1 saturated carbocycles. The lowest BCUT2D eigenvalue weighted by atomic mass is 10.1. The molecule has 5 nitrogen and oxygen atoms in total. The highest BCUT2D eigenvalue weighted by atomic mass is 19.4. The average molecular weight is 429 g/mol. The minimum Gasteiger partial charge on any atom is -0.332 e. The van der Waals surface area contributed by atoms with Gasteiger partial charge in [-0.3, -0.25) is 4.79 Å². The van der Waals surface area contributed by atoms with Crippen LogP contribution in [0.4, 0.5) is 23.7 Å². The number of alkyl halides is 3. The molecule has 3 amide bonds.